The molecule has 1 saturated heterocycles. The molecule has 6 nitrogen and oxygen atoms in total. The molecule has 1 aliphatic rings. The van der Waals surface area contributed by atoms with Crippen LogP contribution >= 0.6 is 0 Å². The Hall–Kier alpha value is -2.31. The van der Waals surface area contributed by atoms with Gasteiger partial charge in [0.2, 0.25) is 5.91 Å². The highest BCUT2D eigenvalue weighted by atomic mass is 16.3. The monoisotopic (exact) mass is 354 g/mol. The van der Waals surface area contributed by atoms with Gasteiger partial charge in [0.25, 0.3) is 0 Å². The number of amides is 1. The van der Waals surface area contributed by atoms with E-state index in [1.54, 1.807) is 20.2 Å². The van der Waals surface area contributed by atoms with Crippen molar-refractivity contribution in [3.8, 4) is 0 Å². The maximum Gasteiger partial charge on any atom is 0.223 e. The third-order valence-corrected chi connectivity index (χ3v) is 4.85. The van der Waals surface area contributed by atoms with Crippen LogP contribution in [0.2, 0.25) is 0 Å². The topological polar surface area (TPSA) is 87.1 Å². The minimum Gasteiger partial charge on any atom is -0.386 e. The standard InChI is InChI=1S/C20H26N4O2/c1-12(14-5-7-15(8-6-14)20(3,4)26)16-9-17(22-11-21-16)18-10-19(25)24-13(2)23-18/h5-9,11-13,18,23,26H,10H2,1-4H3,(H,24,25)/t12-,13?,18?/m1/s1. The molecular weight excluding hydrogens is 328 g/mol. The van der Waals surface area contributed by atoms with Gasteiger partial charge >= 0.3 is 0 Å². The van der Waals surface area contributed by atoms with Crippen molar-refractivity contribution in [2.24, 2.45) is 0 Å². The van der Waals surface area contributed by atoms with Gasteiger partial charge in [0.1, 0.15) is 6.33 Å². The Bertz CT molecular complexity index is 783. The van der Waals surface area contributed by atoms with E-state index in [1.165, 1.54) is 0 Å². The molecule has 3 rings (SSSR count). The second-order valence-corrected chi connectivity index (χ2v) is 7.48. The van der Waals surface area contributed by atoms with Crippen molar-refractivity contribution in [1.82, 2.24) is 20.6 Å². The third-order valence-electron chi connectivity index (χ3n) is 4.85. The molecule has 138 valence electrons. The zero-order valence-corrected chi connectivity index (χ0v) is 15.7. The Morgan fingerprint density at radius 1 is 1.23 bits per heavy atom. The molecule has 2 heterocycles. The van der Waals surface area contributed by atoms with Crippen LogP contribution in [0.15, 0.2) is 36.7 Å². The van der Waals surface area contributed by atoms with Crippen molar-refractivity contribution >= 4 is 5.91 Å². The molecule has 1 aromatic carbocycles. The Labute approximate surface area is 154 Å². The molecular formula is C20H26N4O2. The van der Waals surface area contributed by atoms with Crippen LogP contribution in [-0.2, 0) is 10.4 Å². The van der Waals surface area contributed by atoms with Crippen molar-refractivity contribution in [2.45, 2.75) is 57.8 Å². The summed E-state index contributed by atoms with van der Waals surface area (Å²) < 4.78 is 0. The SMILES string of the molecule is CC1NC(=O)CC(c2cc([C@H](C)c3ccc(C(C)(C)O)cc3)ncn2)N1. The Balaban J connectivity index is 1.82. The minimum absolute atomic E-state index is 0.0247. The van der Waals surface area contributed by atoms with Crippen LogP contribution in [0.4, 0.5) is 0 Å². The third kappa shape index (κ3) is 4.08. The Morgan fingerprint density at radius 3 is 2.54 bits per heavy atom. The fourth-order valence-electron chi connectivity index (χ4n) is 3.24. The highest BCUT2D eigenvalue weighted by molar-refractivity contribution is 5.77. The van der Waals surface area contributed by atoms with Gasteiger partial charge < -0.3 is 10.4 Å². The molecule has 6 heteroatoms. The van der Waals surface area contributed by atoms with Crippen molar-refractivity contribution in [3.63, 3.8) is 0 Å². The molecule has 1 aromatic heterocycles. The zero-order chi connectivity index (χ0) is 18.9. The van der Waals surface area contributed by atoms with Crippen LogP contribution in [0.1, 0.15) is 68.6 Å². The van der Waals surface area contributed by atoms with Gasteiger partial charge in [0.05, 0.1) is 29.2 Å². The molecule has 0 saturated carbocycles. The van der Waals surface area contributed by atoms with Gasteiger partial charge in [-0.2, -0.15) is 0 Å². The second-order valence-electron chi connectivity index (χ2n) is 7.48. The Kier molecular flexibility index (Phi) is 5.07. The fraction of sp³-hybridized carbons (Fsp3) is 0.450. The molecule has 0 aliphatic carbocycles. The van der Waals surface area contributed by atoms with Crippen LogP contribution in [0, 0.1) is 0 Å². The van der Waals surface area contributed by atoms with E-state index < -0.39 is 5.60 Å². The van der Waals surface area contributed by atoms with Crippen LogP contribution in [-0.4, -0.2) is 27.1 Å². The first-order chi connectivity index (χ1) is 12.2. The number of benzene rings is 1. The summed E-state index contributed by atoms with van der Waals surface area (Å²) in [6, 6.07) is 9.80. The molecule has 0 spiro atoms. The van der Waals surface area contributed by atoms with E-state index in [1.807, 2.05) is 37.3 Å². The van der Waals surface area contributed by atoms with Gasteiger partial charge in [-0.25, -0.2) is 9.97 Å². The van der Waals surface area contributed by atoms with E-state index in [2.05, 4.69) is 27.5 Å². The van der Waals surface area contributed by atoms with Gasteiger partial charge in [-0.15, -0.1) is 0 Å². The maximum absolute atomic E-state index is 11.8. The van der Waals surface area contributed by atoms with E-state index in [-0.39, 0.29) is 24.0 Å². The lowest BCUT2D eigenvalue weighted by molar-refractivity contribution is -0.124. The molecule has 2 unspecified atom stereocenters. The van der Waals surface area contributed by atoms with Crippen LogP contribution in [0.25, 0.3) is 0 Å². The van der Waals surface area contributed by atoms with E-state index in [9.17, 15) is 9.90 Å². The molecule has 1 aliphatic heterocycles. The lowest BCUT2D eigenvalue weighted by Gasteiger charge is -2.29. The number of hydrogen-bond acceptors (Lipinski definition) is 5. The molecule has 1 amide bonds. The molecule has 0 bridgehead atoms. The van der Waals surface area contributed by atoms with Crippen molar-refractivity contribution in [1.29, 1.82) is 0 Å². The summed E-state index contributed by atoms with van der Waals surface area (Å²) in [6.45, 7) is 7.56. The average molecular weight is 354 g/mol. The zero-order valence-electron chi connectivity index (χ0n) is 15.7. The van der Waals surface area contributed by atoms with Crippen molar-refractivity contribution in [2.75, 3.05) is 0 Å². The second kappa shape index (κ2) is 7.13. The number of nitrogens with zero attached hydrogens (tertiary/aromatic N) is 2. The summed E-state index contributed by atoms with van der Waals surface area (Å²) in [5.41, 5.74) is 2.88. The predicted molar refractivity (Wildman–Crippen MR) is 99.3 cm³/mol. The highest BCUT2D eigenvalue weighted by Gasteiger charge is 2.26. The number of carbonyl (C=O) groups excluding carboxylic acids is 1. The number of rotatable bonds is 4. The lowest BCUT2D eigenvalue weighted by Crippen LogP contribution is -2.51. The minimum atomic E-state index is -0.853. The quantitative estimate of drug-likeness (QED) is 0.784. The summed E-state index contributed by atoms with van der Waals surface area (Å²) in [6.07, 6.45) is 1.85. The molecule has 26 heavy (non-hydrogen) atoms. The molecule has 1 fully saturated rings. The highest BCUT2D eigenvalue weighted by Crippen LogP contribution is 2.27. The average Bonchev–Trinajstić information content (AvgIpc) is 2.60. The largest absolute Gasteiger partial charge is 0.386 e. The molecule has 3 N–H and O–H groups in total. The molecule has 3 atom stereocenters. The van der Waals surface area contributed by atoms with Gasteiger partial charge in [0, 0.05) is 12.3 Å². The molecule has 0 radical (unpaired) electrons. The summed E-state index contributed by atoms with van der Waals surface area (Å²) in [4.78, 5) is 20.6. The summed E-state index contributed by atoms with van der Waals surface area (Å²) >= 11 is 0. The Morgan fingerprint density at radius 2 is 1.92 bits per heavy atom. The van der Waals surface area contributed by atoms with Gasteiger partial charge in [-0.1, -0.05) is 31.2 Å². The van der Waals surface area contributed by atoms with E-state index in [0.29, 0.717) is 6.42 Å². The fourth-order valence-corrected chi connectivity index (χ4v) is 3.24. The normalized spacial score (nSPS) is 22.0. The number of carbonyl (C=O) groups is 1. The lowest BCUT2D eigenvalue weighted by atomic mass is 9.92. The summed E-state index contributed by atoms with van der Waals surface area (Å²) in [5.74, 6) is 0.110. The van der Waals surface area contributed by atoms with E-state index >= 15 is 0 Å². The summed E-state index contributed by atoms with van der Waals surface area (Å²) in [5, 5.41) is 16.3. The number of nitrogens with one attached hydrogen (secondary N) is 2. The smallest absolute Gasteiger partial charge is 0.223 e. The van der Waals surface area contributed by atoms with Crippen molar-refractivity contribution in [3.05, 3.63) is 59.2 Å². The first-order valence-corrected chi connectivity index (χ1v) is 8.94. The van der Waals surface area contributed by atoms with E-state index in [0.717, 1.165) is 22.5 Å². The van der Waals surface area contributed by atoms with Gasteiger partial charge in [0.15, 0.2) is 0 Å². The van der Waals surface area contributed by atoms with E-state index in [4.69, 9.17) is 0 Å². The number of aromatic nitrogens is 2. The number of aliphatic hydroxyl groups is 1. The van der Waals surface area contributed by atoms with Gasteiger partial charge in [-0.3, -0.25) is 10.1 Å². The molecule has 2 aromatic rings. The first-order valence-electron chi connectivity index (χ1n) is 8.94. The maximum atomic E-state index is 11.8. The predicted octanol–water partition coefficient (Wildman–Crippen LogP) is 2.35. The number of hydrogen-bond donors (Lipinski definition) is 3. The van der Waals surface area contributed by atoms with Crippen molar-refractivity contribution < 1.29 is 9.90 Å². The van der Waals surface area contributed by atoms with Crippen LogP contribution in [0.5, 0.6) is 0 Å². The first kappa shape index (κ1) is 18.5. The van der Waals surface area contributed by atoms with Crippen LogP contribution < -0.4 is 10.6 Å². The summed E-state index contributed by atoms with van der Waals surface area (Å²) in [7, 11) is 0. The van der Waals surface area contributed by atoms with Crippen LogP contribution in [0.3, 0.4) is 0 Å². The van der Waals surface area contributed by atoms with Gasteiger partial charge in [-0.05, 0) is 38.0 Å².